The Morgan fingerprint density at radius 3 is 1.40 bits per heavy atom. The molecule has 0 saturated heterocycles. The minimum absolute atomic E-state index is 0.0213. The Hall–Kier alpha value is -2.20. The average Bonchev–Trinajstić information content (AvgIpc) is 2.33. The second-order valence-corrected chi connectivity index (χ2v) is 3.83. The number of primary amides is 1. The minimum atomic E-state index is -1.17. The van der Waals surface area contributed by atoms with E-state index in [2.05, 4.69) is 0 Å². The maximum absolute atomic E-state index is 10.1. The van der Waals surface area contributed by atoms with Crippen LogP contribution in [0, 0.1) is 0 Å². The normalized spacial score (nSPS) is 12.5. The monoisotopic (exact) mass is 293 g/mol. The van der Waals surface area contributed by atoms with Gasteiger partial charge in [0.25, 0.3) is 0 Å². The van der Waals surface area contributed by atoms with Gasteiger partial charge in [-0.2, -0.15) is 0 Å². The lowest BCUT2D eigenvalue weighted by molar-refractivity contribution is -0.140. The van der Waals surface area contributed by atoms with Crippen LogP contribution in [0.3, 0.4) is 0 Å². The molecule has 2 atom stereocenters. The number of hydrogen-bond donors (Lipinski definition) is 6. The van der Waals surface area contributed by atoms with Gasteiger partial charge in [0.15, 0.2) is 0 Å². The highest BCUT2D eigenvalue weighted by atomic mass is 16.4. The van der Waals surface area contributed by atoms with Gasteiger partial charge in [0.1, 0.15) is 12.1 Å². The molecular weight excluding hydrogens is 274 g/mol. The van der Waals surface area contributed by atoms with Gasteiger partial charge in [0.05, 0.1) is 0 Å². The average molecular weight is 293 g/mol. The van der Waals surface area contributed by atoms with Crippen LogP contribution in [0.15, 0.2) is 0 Å². The van der Waals surface area contributed by atoms with Crippen molar-refractivity contribution in [3.8, 4) is 0 Å². The highest BCUT2D eigenvalue weighted by Gasteiger charge is 2.12. The SMILES string of the molecule is NC(=O)CC[C@H](N)C(=O)O.NC(CCC(=O)O)C(=O)O. The molecule has 0 spiro atoms. The van der Waals surface area contributed by atoms with Crippen molar-refractivity contribution in [1.82, 2.24) is 0 Å². The van der Waals surface area contributed by atoms with Crippen LogP contribution in [0.2, 0.25) is 0 Å². The lowest BCUT2D eigenvalue weighted by Gasteiger charge is -2.01. The molecule has 0 bridgehead atoms. The molecule has 0 rings (SSSR count). The van der Waals surface area contributed by atoms with Crippen molar-refractivity contribution < 1.29 is 34.5 Å². The van der Waals surface area contributed by atoms with Crippen LogP contribution in [0.5, 0.6) is 0 Å². The van der Waals surface area contributed by atoms with Gasteiger partial charge < -0.3 is 32.5 Å². The summed E-state index contributed by atoms with van der Waals surface area (Å²) in [5.74, 6) is -3.84. The predicted molar refractivity (Wildman–Crippen MR) is 66.5 cm³/mol. The summed E-state index contributed by atoms with van der Waals surface area (Å²) in [5.41, 5.74) is 14.8. The zero-order chi connectivity index (χ0) is 16.3. The van der Waals surface area contributed by atoms with E-state index in [1.54, 1.807) is 0 Å². The van der Waals surface area contributed by atoms with Gasteiger partial charge in [-0.1, -0.05) is 0 Å². The maximum Gasteiger partial charge on any atom is 0.320 e. The molecular formula is C10H19N3O7. The first kappa shape index (κ1) is 20.1. The fourth-order valence-corrected chi connectivity index (χ4v) is 0.824. The van der Waals surface area contributed by atoms with Gasteiger partial charge in [-0.25, -0.2) is 0 Å². The fourth-order valence-electron chi connectivity index (χ4n) is 0.824. The molecule has 0 heterocycles. The zero-order valence-corrected chi connectivity index (χ0v) is 10.7. The number of carboxylic acid groups (broad SMARTS) is 3. The molecule has 0 aliphatic heterocycles. The molecule has 10 nitrogen and oxygen atoms in total. The first-order valence-corrected chi connectivity index (χ1v) is 5.54. The Morgan fingerprint density at radius 2 is 1.15 bits per heavy atom. The van der Waals surface area contributed by atoms with Gasteiger partial charge >= 0.3 is 17.9 Å². The van der Waals surface area contributed by atoms with E-state index in [0.29, 0.717) is 0 Å². The van der Waals surface area contributed by atoms with Crippen LogP contribution in [-0.2, 0) is 19.2 Å². The smallest absolute Gasteiger partial charge is 0.320 e. The molecule has 10 heteroatoms. The number of carbonyl (C=O) groups excluding carboxylic acids is 1. The molecule has 0 aromatic carbocycles. The van der Waals surface area contributed by atoms with Crippen molar-refractivity contribution in [1.29, 1.82) is 0 Å². The summed E-state index contributed by atoms with van der Waals surface area (Å²) in [6, 6.07) is -2.04. The Labute approximate surface area is 114 Å². The third-order valence-corrected chi connectivity index (χ3v) is 2.01. The Morgan fingerprint density at radius 1 is 0.800 bits per heavy atom. The highest BCUT2D eigenvalue weighted by Crippen LogP contribution is 1.93. The highest BCUT2D eigenvalue weighted by molar-refractivity contribution is 5.77. The van der Waals surface area contributed by atoms with Gasteiger partial charge in [-0.05, 0) is 12.8 Å². The molecule has 0 aliphatic rings. The number of amides is 1. The van der Waals surface area contributed by atoms with Gasteiger partial charge in [-0.3, -0.25) is 19.2 Å². The fraction of sp³-hybridized carbons (Fsp3) is 0.600. The van der Waals surface area contributed by atoms with Gasteiger partial charge in [-0.15, -0.1) is 0 Å². The molecule has 20 heavy (non-hydrogen) atoms. The van der Waals surface area contributed by atoms with E-state index < -0.39 is 35.9 Å². The van der Waals surface area contributed by atoms with Crippen molar-refractivity contribution in [3.63, 3.8) is 0 Å². The van der Waals surface area contributed by atoms with E-state index >= 15 is 0 Å². The third-order valence-electron chi connectivity index (χ3n) is 2.01. The molecule has 0 aromatic heterocycles. The van der Waals surface area contributed by atoms with Crippen molar-refractivity contribution >= 4 is 23.8 Å². The number of carbonyl (C=O) groups is 4. The van der Waals surface area contributed by atoms with Crippen LogP contribution >= 0.6 is 0 Å². The Balaban J connectivity index is 0. The number of nitrogens with two attached hydrogens (primary N) is 3. The number of carboxylic acids is 3. The standard InChI is InChI=1S/C5H10N2O3.C5H9NO4/c2*6-3(5(9)10)1-2-4(7)8/h3H,1-2,6H2,(H2,7,8)(H,9,10);3H,1-2,6H2,(H,7,8)(H,9,10)/t3-;/m0./s1. The second-order valence-electron chi connectivity index (χ2n) is 3.83. The summed E-state index contributed by atoms with van der Waals surface area (Å²) in [6.45, 7) is 0. The summed E-state index contributed by atoms with van der Waals surface area (Å²) in [7, 11) is 0. The molecule has 116 valence electrons. The van der Waals surface area contributed by atoms with Crippen LogP contribution < -0.4 is 17.2 Å². The second kappa shape index (κ2) is 10.7. The maximum atomic E-state index is 10.1. The van der Waals surface area contributed by atoms with Crippen molar-refractivity contribution in [3.05, 3.63) is 0 Å². The summed E-state index contributed by atoms with van der Waals surface area (Å²) in [5, 5.41) is 24.5. The van der Waals surface area contributed by atoms with Crippen molar-refractivity contribution in [2.75, 3.05) is 0 Å². The number of aliphatic carboxylic acids is 3. The van der Waals surface area contributed by atoms with Crippen molar-refractivity contribution in [2.24, 2.45) is 17.2 Å². The molecule has 0 radical (unpaired) electrons. The molecule has 9 N–H and O–H groups in total. The summed E-state index contributed by atoms with van der Waals surface area (Å²) in [6.07, 6.45) is -0.101. The lowest BCUT2D eigenvalue weighted by Crippen LogP contribution is -2.31. The first-order chi connectivity index (χ1) is 9.07. The summed E-state index contributed by atoms with van der Waals surface area (Å²) < 4.78 is 0. The minimum Gasteiger partial charge on any atom is -0.481 e. The molecule has 0 fully saturated rings. The van der Waals surface area contributed by atoms with Crippen LogP contribution in [0.4, 0.5) is 0 Å². The quantitative estimate of drug-likeness (QED) is 0.290. The van der Waals surface area contributed by atoms with E-state index in [-0.39, 0.29) is 25.7 Å². The van der Waals surface area contributed by atoms with Crippen LogP contribution in [0.1, 0.15) is 25.7 Å². The van der Waals surface area contributed by atoms with Crippen molar-refractivity contribution in [2.45, 2.75) is 37.8 Å². The summed E-state index contributed by atoms with van der Waals surface area (Å²) in [4.78, 5) is 40.0. The van der Waals surface area contributed by atoms with E-state index in [1.807, 2.05) is 0 Å². The number of hydrogen-bond acceptors (Lipinski definition) is 6. The zero-order valence-electron chi connectivity index (χ0n) is 10.7. The Kier molecular flexibility index (Phi) is 10.8. The summed E-state index contributed by atoms with van der Waals surface area (Å²) >= 11 is 0. The Bertz CT molecular complexity index is 325. The lowest BCUT2D eigenvalue weighted by atomic mass is 10.2. The topological polar surface area (TPSA) is 207 Å². The van der Waals surface area contributed by atoms with Gasteiger partial charge in [0, 0.05) is 12.8 Å². The van der Waals surface area contributed by atoms with Crippen LogP contribution in [0.25, 0.3) is 0 Å². The first-order valence-electron chi connectivity index (χ1n) is 5.54. The molecule has 1 unspecified atom stereocenters. The molecule has 0 saturated carbocycles. The third kappa shape index (κ3) is 13.9. The van der Waals surface area contributed by atoms with E-state index in [0.717, 1.165) is 0 Å². The van der Waals surface area contributed by atoms with E-state index in [4.69, 9.17) is 32.5 Å². The molecule has 0 aliphatic carbocycles. The molecule has 0 aromatic rings. The van der Waals surface area contributed by atoms with Crippen LogP contribution in [-0.4, -0.2) is 51.2 Å². The molecule has 1 amide bonds. The van der Waals surface area contributed by atoms with E-state index in [1.165, 1.54) is 0 Å². The number of rotatable bonds is 8. The van der Waals surface area contributed by atoms with E-state index in [9.17, 15) is 19.2 Å². The van der Waals surface area contributed by atoms with Gasteiger partial charge in [0.2, 0.25) is 5.91 Å². The largest absolute Gasteiger partial charge is 0.481 e. The predicted octanol–water partition coefficient (Wildman–Crippen LogP) is -2.07.